The topological polar surface area (TPSA) is 50.4 Å². The SMILES string of the molecule is Cc1ccc(F)c(NC(N)=NCC(C)C)c1. The Bertz CT molecular complexity index is 386. The van der Waals surface area contributed by atoms with E-state index in [2.05, 4.69) is 10.3 Å². The van der Waals surface area contributed by atoms with Crippen molar-refractivity contribution in [3.8, 4) is 0 Å². The second-order valence-corrected chi connectivity index (χ2v) is 4.23. The summed E-state index contributed by atoms with van der Waals surface area (Å²) in [6.45, 7) is 6.62. The van der Waals surface area contributed by atoms with Gasteiger partial charge in [-0.2, -0.15) is 0 Å². The number of benzene rings is 1. The molecule has 0 aliphatic rings. The average Bonchev–Trinajstić information content (AvgIpc) is 2.20. The minimum absolute atomic E-state index is 0.248. The first-order valence-corrected chi connectivity index (χ1v) is 5.32. The van der Waals surface area contributed by atoms with Gasteiger partial charge < -0.3 is 11.1 Å². The molecule has 16 heavy (non-hydrogen) atoms. The normalized spacial score (nSPS) is 11.9. The molecule has 0 heterocycles. The summed E-state index contributed by atoms with van der Waals surface area (Å²) < 4.78 is 13.4. The highest BCUT2D eigenvalue weighted by molar-refractivity contribution is 5.92. The second-order valence-electron chi connectivity index (χ2n) is 4.23. The quantitative estimate of drug-likeness (QED) is 0.611. The van der Waals surface area contributed by atoms with E-state index in [4.69, 9.17) is 5.73 Å². The lowest BCUT2D eigenvalue weighted by Gasteiger charge is -2.08. The van der Waals surface area contributed by atoms with Gasteiger partial charge in [-0.1, -0.05) is 19.9 Å². The lowest BCUT2D eigenvalue weighted by Crippen LogP contribution is -2.24. The van der Waals surface area contributed by atoms with E-state index in [1.54, 1.807) is 12.1 Å². The van der Waals surface area contributed by atoms with Gasteiger partial charge in [-0.3, -0.25) is 4.99 Å². The Kier molecular flexibility index (Phi) is 4.28. The molecule has 1 rings (SSSR count). The van der Waals surface area contributed by atoms with E-state index >= 15 is 0 Å². The van der Waals surface area contributed by atoms with Crippen LogP contribution in [0.5, 0.6) is 0 Å². The summed E-state index contributed by atoms with van der Waals surface area (Å²) >= 11 is 0. The van der Waals surface area contributed by atoms with Crippen molar-refractivity contribution in [2.75, 3.05) is 11.9 Å². The number of hydrogen-bond donors (Lipinski definition) is 2. The summed E-state index contributed by atoms with van der Waals surface area (Å²) in [6.07, 6.45) is 0. The molecule has 0 fully saturated rings. The molecule has 3 N–H and O–H groups in total. The molecule has 0 radical (unpaired) electrons. The Morgan fingerprint density at radius 2 is 2.19 bits per heavy atom. The third kappa shape index (κ3) is 3.88. The van der Waals surface area contributed by atoms with Crippen LogP contribution in [0.15, 0.2) is 23.2 Å². The molecule has 0 aromatic heterocycles. The molecular weight excluding hydrogens is 205 g/mol. The molecule has 0 spiro atoms. The van der Waals surface area contributed by atoms with Crippen LogP contribution in [0.25, 0.3) is 0 Å². The maximum atomic E-state index is 13.4. The number of aryl methyl sites for hydroxylation is 1. The van der Waals surface area contributed by atoms with Gasteiger partial charge in [0.1, 0.15) is 5.82 Å². The zero-order chi connectivity index (χ0) is 12.1. The van der Waals surface area contributed by atoms with Gasteiger partial charge in [-0.25, -0.2) is 4.39 Å². The van der Waals surface area contributed by atoms with Crippen molar-refractivity contribution < 1.29 is 4.39 Å². The van der Waals surface area contributed by atoms with Gasteiger partial charge in [0.15, 0.2) is 5.96 Å². The Morgan fingerprint density at radius 3 is 2.81 bits per heavy atom. The second kappa shape index (κ2) is 5.49. The number of rotatable bonds is 3. The first-order chi connectivity index (χ1) is 7.49. The highest BCUT2D eigenvalue weighted by atomic mass is 19.1. The third-order valence-corrected chi connectivity index (χ3v) is 2.01. The van der Waals surface area contributed by atoms with Crippen molar-refractivity contribution in [2.45, 2.75) is 20.8 Å². The van der Waals surface area contributed by atoms with Gasteiger partial charge in [-0.15, -0.1) is 0 Å². The number of nitrogens with two attached hydrogens (primary N) is 1. The number of guanidine groups is 1. The molecule has 0 saturated carbocycles. The fraction of sp³-hybridized carbons (Fsp3) is 0.417. The third-order valence-electron chi connectivity index (χ3n) is 2.01. The smallest absolute Gasteiger partial charge is 0.193 e. The fourth-order valence-corrected chi connectivity index (χ4v) is 1.19. The molecule has 0 bridgehead atoms. The molecule has 0 unspecified atom stereocenters. The van der Waals surface area contributed by atoms with E-state index in [9.17, 15) is 4.39 Å². The highest BCUT2D eigenvalue weighted by Crippen LogP contribution is 2.15. The summed E-state index contributed by atoms with van der Waals surface area (Å²) in [5, 5.41) is 2.76. The van der Waals surface area contributed by atoms with Crippen LogP contribution in [0.3, 0.4) is 0 Å². The highest BCUT2D eigenvalue weighted by Gasteiger charge is 2.03. The summed E-state index contributed by atoms with van der Waals surface area (Å²) in [7, 11) is 0. The summed E-state index contributed by atoms with van der Waals surface area (Å²) in [4.78, 5) is 4.11. The van der Waals surface area contributed by atoms with Crippen LogP contribution < -0.4 is 11.1 Å². The van der Waals surface area contributed by atoms with Gasteiger partial charge in [0, 0.05) is 6.54 Å². The first-order valence-electron chi connectivity index (χ1n) is 5.32. The molecule has 0 atom stereocenters. The predicted molar refractivity (Wildman–Crippen MR) is 66.1 cm³/mol. The lowest BCUT2D eigenvalue weighted by atomic mass is 10.2. The summed E-state index contributed by atoms with van der Waals surface area (Å²) in [5.41, 5.74) is 6.98. The van der Waals surface area contributed by atoms with E-state index < -0.39 is 0 Å². The van der Waals surface area contributed by atoms with Gasteiger partial charge in [0.05, 0.1) is 5.69 Å². The number of halogens is 1. The van der Waals surface area contributed by atoms with Crippen molar-refractivity contribution in [1.29, 1.82) is 0 Å². The van der Waals surface area contributed by atoms with Crippen molar-refractivity contribution in [3.63, 3.8) is 0 Å². The van der Waals surface area contributed by atoms with Gasteiger partial charge >= 0.3 is 0 Å². The van der Waals surface area contributed by atoms with E-state index in [0.717, 1.165) is 5.56 Å². The molecule has 1 aromatic rings. The Hall–Kier alpha value is -1.58. The Balaban J connectivity index is 2.72. The van der Waals surface area contributed by atoms with Crippen LogP contribution in [0, 0.1) is 18.7 Å². The molecular formula is C12H18FN3. The standard InChI is InChI=1S/C12H18FN3/c1-8(2)7-15-12(14)16-11-6-9(3)4-5-10(11)13/h4-6,8H,7H2,1-3H3,(H3,14,15,16). The van der Waals surface area contributed by atoms with E-state index in [1.165, 1.54) is 6.07 Å². The number of aliphatic imine (C=N–C) groups is 1. The van der Waals surface area contributed by atoms with Gasteiger partial charge in [0.25, 0.3) is 0 Å². The van der Waals surface area contributed by atoms with Crippen LogP contribution in [0.4, 0.5) is 10.1 Å². The van der Waals surface area contributed by atoms with E-state index in [1.807, 2.05) is 20.8 Å². The maximum Gasteiger partial charge on any atom is 0.193 e. The monoisotopic (exact) mass is 223 g/mol. The maximum absolute atomic E-state index is 13.4. The molecule has 0 amide bonds. The van der Waals surface area contributed by atoms with Crippen LogP contribution in [-0.4, -0.2) is 12.5 Å². The van der Waals surface area contributed by atoms with Crippen LogP contribution in [0.1, 0.15) is 19.4 Å². The summed E-state index contributed by atoms with van der Waals surface area (Å²) in [6, 6.07) is 4.82. The zero-order valence-corrected chi connectivity index (χ0v) is 9.92. The first kappa shape index (κ1) is 12.5. The zero-order valence-electron chi connectivity index (χ0n) is 9.92. The van der Waals surface area contributed by atoms with Crippen LogP contribution in [0.2, 0.25) is 0 Å². The number of nitrogens with one attached hydrogen (secondary N) is 1. The van der Waals surface area contributed by atoms with Crippen molar-refractivity contribution in [2.24, 2.45) is 16.6 Å². The average molecular weight is 223 g/mol. The van der Waals surface area contributed by atoms with E-state index in [0.29, 0.717) is 18.2 Å². The van der Waals surface area contributed by atoms with Crippen LogP contribution >= 0.6 is 0 Å². The molecule has 0 saturated heterocycles. The van der Waals surface area contributed by atoms with E-state index in [-0.39, 0.29) is 11.8 Å². The molecule has 3 nitrogen and oxygen atoms in total. The fourth-order valence-electron chi connectivity index (χ4n) is 1.19. The van der Waals surface area contributed by atoms with Crippen molar-refractivity contribution in [3.05, 3.63) is 29.6 Å². The number of anilines is 1. The summed E-state index contributed by atoms with van der Waals surface area (Å²) in [5.74, 6) is 0.356. The molecule has 1 aromatic carbocycles. The van der Waals surface area contributed by atoms with Crippen molar-refractivity contribution >= 4 is 11.6 Å². The predicted octanol–water partition coefficient (Wildman–Crippen LogP) is 2.52. The van der Waals surface area contributed by atoms with Crippen molar-refractivity contribution in [1.82, 2.24) is 0 Å². The molecule has 0 aliphatic carbocycles. The Labute approximate surface area is 95.6 Å². The van der Waals surface area contributed by atoms with Gasteiger partial charge in [0.2, 0.25) is 0 Å². The minimum Gasteiger partial charge on any atom is -0.370 e. The Morgan fingerprint density at radius 1 is 1.50 bits per heavy atom. The molecule has 4 heteroatoms. The van der Waals surface area contributed by atoms with Gasteiger partial charge in [-0.05, 0) is 30.5 Å². The van der Waals surface area contributed by atoms with Crippen LogP contribution in [-0.2, 0) is 0 Å². The molecule has 88 valence electrons. The lowest BCUT2D eigenvalue weighted by molar-refractivity contribution is 0.631. The minimum atomic E-state index is -0.326. The number of hydrogen-bond acceptors (Lipinski definition) is 1. The largest absolute Gasteiger partial charge is 0.370 e. The molecule has 0 aliphatic heterocycles. The number of nitrogens with zero attached hydrogens (tertiary/aromatic N) is 1.